The van der Waals surface area contributed by atoms with Crippen molar-refractivity contribution in [2.24, 2.45) is 0 Å². The summed E-state index contributed by atoms with van der Waals surface area (Å²) in [5.41, 5.74) is 1.20. The van der Waals surface area contributed by atoms with Gasteiger partial charge in [0.2, 0.25) is 10.0 Å². The van der Waals surface area contributed by atoms with Gasteiger partial charge in [-0.3, -0.25) is 9.36 Å². The molecule has 6 nitrogen and oxygen atoms in total. The van der Waals surface area contributed by atoms with Gasteiger partial charge in [0.15, 0.2) is 0 Å². The monoisotopic (exact) mass is 431 g/mol. The van der Waals surface area contributed by atoms with Gasteiger partial charge in [0, 0.05) is 31.2 Å². The Morgan fingerprint density at radius 3 is 2.41 bits per heavy atom. The second kappa shape index (κ2) is 8.08. The van der Waals surface area contributed by atoms with Crippen molar-refractivity contribution in [1.29, 1.82) is 0 Å². The Morgan fingerprint density at radius 1 is 1.17 bits per heavy atom. The number of likely N-dealkylation sites (N-methyl/N-ethyl adjacent to an activating group) is 1. The van der Waals surface area contributed by atoms with Crippen molar-refractivity contribution in [3.8, 4) is 0 Å². The van der Waals surface area contributed by atoms with Gasteiger partial charge in [-0.15, -0.1) is 0 Å². The van der Waals surface area contributed by atoms with Gasteiger partial charge in [0.25, 0.3) is 0 Å². The summed E-state index contributed by atoms with van der Waals surface area (Å²) in [6.45, 7) is 1.57. The zero-order chi connectivity index (χ0) is 21.4. The summed E-state index contributed by atoms with van der Waals surface area (Å²) in [5, 5.41) is 0.471. The highest BCUT2D eigenvalue weighted by Crippen LogP contribution is 2.28. The summed E-state index contributed by atoms with van der Waals surface area (Å²) in [7, 11) is 0.201. The van der Waals surface area contributed by atoms with Crippen LogP contribution in [0.4, 0.5) is 13.2 Å². The third-order valence-corrected chi connectivity index (χ3v) is 6.90. The van der Waals surface area contributed by atoms with Gasteiger partial charge in [-0.2, -0.15) is 13.2 Å². The number of carbonyl (C=O) groups is 1. The molecule has 3 rings (SSSR count). The molecule has 2 aromatic rings. The average Bonchev–Trinajstić information content (AvgIpc) is 3.26. The quantitative estimate of drug-likeness (QED) is 0.706. The third kappa shape index (κ3) is 4.81. The Bertz CT molecular complexity index is 1010. The predicted octanol–water partition coefficient (Wildman–Crippen LogP) is 2.87. The van der Waals surface area contributed by atoms with E-state index in [1.807, 2.05) is 19.0 Å². The number of aromatic nitrogens is 1. The highest BCUT2D eigenvalue weighted by atomic mass is 32.2. The van der Waals surface area contributed by atoms with Crippen LogP contribution in [0.15, 0.2) is 24.4 Å². The van der Waals surface area contributed by atoms with Crippen LogP contribution in [0.25, 0.3) is 10.9 Å². The Balaban J connectivity index is 2.01. The van der Waals surface area contributed by atoms with Crippen LogP contribution in [-0.4, -0.2) is 68.0 Å². The van der Waals surface area contributed by atoms with E-state index in [9.17, 15) is 26.4 Å². The van der Waals surface area contributed by atoms with Gasteiger partial charge in [-0.05, 0) is 56.6 Å². The minimum atomic E-state index is -5.00. The molecule has 1 aliphatic rings. The molecule has 0 unspecified atom stereocenters. The van der Waals surface area contributed by atoms with Crippen molar-refractivity contribution in [2.45, 2.75) is 31.2 Å². The number of halogens is 3. The minimum Gasteiger partial charge on any atom is -0.309 e. The number of hydrogen-bond donors (Lipinski definition) is 0. The summed E-state index contributed by atoms with van der Waals surface area (Å²) in [6, 6.07) is 4.47. The SMILES string of the molecule is CN(C)CCc1cn(C(=O)C(F)(F)F)c2ccc(CS(=O)(=O)N3CCCC3)cc12. The Kier molecular flexibility index (Phi) is 6.07. The van der Waals surface area contributed by atoms with E-state index in [2.05, 4.69) is 0 Å². The third-order valence-electron chi connectivity index (χ3n) is 5.05. The highest BCUT2D eigenvalue weighted by molar-refractivity contribution is 7.88. The number of rotatable bonds is 6. The van der Waals surface area contributed by atoms with Crippen LogP contribution in [0.2, 0.25) is 0 Å². The lowest BCUT2D eigenvalue weighted by Gasteiger charge is -2.15. The first kappa shape index (κ1) is 21.8. The predicted molar refractivity (Wildman–Crippen MR) is 104 cm³/mol. The lowest BCUT2D eigenvalue weighted by Crippen LogP contribution is -2.29. The van der Waals surface area contributed by atoms with Gasteiger partial charge in [0.05, 0.1) is 11.3 Å². The van der Waals surface area contributed by atoms with Crippen LogP contribution < -0.4 is 0 Å². The van der Waals surface area contributed by atoms with E-state index in [1.165, 1.54) is 22.6 Å². The van der Waals surface area contributed by atoms with Gasteiger partial charge < -0.3 is 4.90 Å². The molecule has 0 aliphatic carbocycles. The summed E-state index contributed by atoms with van der Waals surface area (Å²) < 4.78 is 66.2. The van der Waals surface area contributed by atoms with Crippen molar-refractivity contribution in [2.75, 3.05) is 33.7 Å². The van der Waals surface area contributed by atoms with Crippen molar-refractivity contribution in [3.05, 3.63) is 35.5 Å². The number of sulfonamides is 1. The zero-order valence-electron chi connectivity index (χ0n) is 16.4. The lowest BCUT2D eigenvalue weighted by molar-refractivity contribution is -0.0943. The molecule has 0 saturated carbocycles. The molecular formula is C19H24F3N3O3S. The molecular weight excluding hydrogens is 407 g/mol. The fraction of sp³-hybridized carbons (Fsp3) is 0.526. The van der Waals surface area contributed by atoms with Crippen LogP contribution in [0.1, 0.15) is 28.8 Å². The molecule has 0 atom stereocenters. The molecule has 0 N–H and O–H groups in total. The molecule has 0 spiro atoms. The number of benzene rings is 1. The van der Waals surface area contributed by atoms with E-state index in [0.29, 0.717) is 47.1 Å². The lowest BCUT2D eigenvalue weighted by atomic mass is 10.1. The number of fused-ring (bicyclic) bond motifs is 1. The van der Waals surface area contributed by atoms with Crippen LogP contribution in [-0.2, 0) is 22.2 Å². The van der Waals surface area contributed by atoms with E-state index in [4.69, 9.17) is 0 Å². The molecule has 1 aromatic carbocycles. The first-order valence-corrected chi connectivity index (χ1v) is 11.0. The molecule has 1 saturated heterocycles. The average molecular weight is 431 g/mol. The Hall–Kier alpha value is -1.91. The second-order valence-corrected chi connectivity index (χ2v) is 9.56. The van der Waals surface area contributed by atoms with Gasteiger partial charge in [0.1, 0.15) is 0 Å². The van der Waals surface area contributed by atoms with Gasteiger partial charge in [-0.1, -0.05) is 6.07 Å². The molecule has 29 heavy (non-hydrogen) atoms. The molecule has 2 heterocycles. The van der Waals surface area contributed by atoms with Gasteiger partial charge >= 0.3 is 12.1 Å². The van der Waals surface area contributed by atoms with E-state index < -0.39 is 22.1 Å². The molecule has 0 amide bonds. The number of hydrogen-bond acceptors (Lipinski definition) is 4. The molecule has 0 radical (unpaired) electrons. The Morgan fingerprint density at radius 2 is 1.83 bits per heavy atom. The second-order valence-electron chi connectivity index (χ2n) is 7.59. The van der Waals surface area contributed by atoms with E-state index in [0.717, 1.165) is 12.8 Å². The first-order chi connectivity index (χ1) is 13.5. The largest absolute Gasteiger partial charge is 0.472 e. The summed E-state index contributed by atoms with van der Waals surface area (Å²) in [4.78, 5) is 13.7. The standard InChI is InChI=1S/C19H24F3N3O3S/c1-23(2)10-7-15-12-25(18(26)19(20,21)22)17-6-5-14(11-16(15)17)13-29(27,28)24-8-3-4-9-24/h5-6,11-12H,3-4,7-10,13H2,1-2H3. The topological polar surface area (TPSA) is 62.6 Å². The molecule has 1 aromatic heterocycles. The zero-order valence-corrected chi connectivity index (χ0v) is 17.2. The molecule has 1 aliphatic heterocycles. The summed E-state index contributed by atoms with van der Waals surface area (Å²) in [5.74, 6) is -2.18. The van der Waals surface area contributed by atoms with Gasteiger partial charge in [-0.25, -0.2) is 12.7 Å². The molecule has 0 bridgehead atoms. The minimum absolute atomic E-state index is 0.128. The van der Waals surface area contributed by atoms with Crippen LogP contribution >= 0.6 is 0 Å². The van der Waals surface area contributed by atoms with Crippen molar-refractivity contribution in [1.82, 2.24) is 13.8 Å². The van der Waals surface area contributed by atoms with Crippen molar-refractivity contribution >= 4 is 26.8 Å². The smallest absolute Gasteiger partial charge is 0.309 e. The molecule has 10 heteroatoms. The summed E-state index contributed by atoms with van der Waals surface area (Å²) in [6.07, 6.45) is -1.69. The number of alkyl halides is 3. The van der Waals surface area contributed by atoms with E-state index in [1.54, 1.807) is 6.07 Å². The van der Waals surface area contributed by atoms with E-state index >= 15 is 0 Å². The van der Waals surface area contributed by atoms with Crippen LogP contribution in [0.5, 0.6) is 0 Å². The Labute approximate surface area is 167 Å². The number of nitrogens with zero attached hydrogens (tertiary/aromatic N) is 3. The highest BCUT2D eigenvalue weighted by Gasteiger charge is 2.40. The van der Waals surface area contributed by atoms with Crippen molar-refractivity contribution < 1.29 is 26.4 Å². The fourth-order valence-corrected chi connectivity index (χ4v) is 5.15. The summed E-state index contributed by atoms with van der Waals surface area (Å²) >= 11 is 0. The fourth-order valence-electron chi connectivity index (χ4n) is 3.55. The maximum absolute atomic E-state index is 13.0. The van der Waals surface area contributed by atoms with Crippen LogP contribution in [0, 0.1) is 0 Å². The molecule has 160 valence electrons. The van der Waals surface area contributed by atoms with Crippen LogP contribution in [0.3, 0.4) is 0 Å². The maximum atomic E-state index is 13.0. The van der Waals surface area contributed by atoms with Crippen molar-refractivity contribution in [3.63, 3.8) is 0 Å². The normalized spacial score (nSPS) is 16.2. The molecule has 1 fully saturated rings. The van der Waals surface area contributed by atoms with E-state index in [-0.39, 0.29) is 11.3 Å². The number of carbonyl (C=O) groups excluding carboxylic acids is 1. The first-order valence-electron chi connectivity index (χ1n) is 9.36. The maximum Gasteiger partial charge on any atom is 0.472 e.